The summed E-state index contributed by atoms with van der Waals surface area (Å²) in [5, 5.41) is 7.63. The summed E-state index contributed by atoms with van der Waals surface area (Å²) in [5.41, 5.74) is 15.0. The van der Waals surface area contributed by atoms with E-state index in [1.54, 1.807) is 58.7 Å². The number of carbonyl (C=O) groups excluding carboxylic acids is 3. The second kappa shape index (κ2) is 11.2. The number of para-hydroxylation sites is 1. The van der Waals surface area contributed by atoms with Crippen LogP contribution in [0.5, 0.6) is 0 Å². The smallest absolute Gasteiger partial charge is 0.255 e. The minimum atomic E-state index is -0.578. The maximum Gasteiger partial charge on any atom is 0.255 e. The topological polar surface area (TPSA) is 131 Å². The van der Waals surface area contributed by atoms with E-state index in [0.29, 0.717) is 28.3 Å². The van der Waals surface area contributed by atoms with Gasteiger partial charge in [0.25, 0.3) is 5.91 Å². The Morgan fingerprint density at radius 1 is 0.833 bits per heavy atom. The average Bonchev–Trinajstić information content (AvgIpc) is 3.40. The lowest BCUT2D eigenvalue weighted by Crippen LogP contribution is -2.39. The van der Waals surface area contributed by atoms with Crippen molar-refractivity contribution in [3.8, 4) is 10.4 Å². The molecule has 0 bridgehead atoms. The van der Waals surface area contributed by atoms with Crippen molar-refractivity contribution in [1.82, 2.24) is 0 Å². The number of anilines is 4. The first kappa shape index (κ1) is 24.5. The number of carbonyl (C=O) groups is 3. The van der Waals surface area contributed by atoms with E-state index in [9.17, 15) is 14.4 Å². The first-order valence-electron chi connectivity index (χ1n) is 11.1. The van der Waals surface area contributed by atoms with E-state index in [4.69, 9.17) is 11.5 Å². The van der Waals surface area contributed by atoms with Crippen molar-refractivity contribution in [3.63, 3.8) is 0 Å². The Kier molecular flexibility index (Phi) is 7.62. The highest BCUT2D eigenvalue weighted by molar-refractivity contribution is 7.13. The number of nitrogens with two attached hydrogens (primary N) is 2. The molecule has 0 aliphatic rings. The molecule has 4 rings (SSSR count). The zero-order chi connectivity index (χ0) is 25.5. The van der Waals surface area contributed by atoms with Crippen molar-refractivity contribution in [2.24, 2.45) is 5.73 Å². The van der Waals surface area contributed by atoms with Gasteiger partial charge in [-0.25, -0.2) is 0 Å². The van der Waals surface area contributed by atoms with Crippen molar-refractivity contribution in [1.29, 1.82) is 0 Å². The van der Waals surface area contributed by atoms with Gasteiger partial charge in [0, 0.05) is 21.8 Å². The Morgan fingerprint density at radius 2 is 1.58 bits per heavy atom. The highest BCUT2D eigenvalue weighted by atomic mass is 32.1. The lowest BCUT2D eigenvalue weighted by Gasteiger charge is -2.23. The molecule has 182 valence electrons. The third-order valence-corrected chi connectivity index (χ3v) is 6.26. The lowest BCUT2D eigenvalue weighted by molar-refractivity contribution is -0.117. The van der Waals surface area contributed by atoms with Crippen molar-refractivity contribution in [2.75, 3.05) is 34.4 Å². The van der Waals surface area contributed by atoms with Crippen molar-refractivity contribution in [3.05, 3.63) is 95.9 Å². The van der Waals surface area contributed by atoms with Crippen LogP contribution in [0.4, 0.5) is 22.7 Å². The first-order chi connectivity index (χ1) is 17.4. The summed E-state index contributed by atoms with van der Waals surface area (Å²) in [7, 11) is 0. The highest BCUT2D eigenvalue weighted by Gasteiger charge is 2.16. The van der Waals surface area contributed by atoms with Crippen LogP contribution in [-0.4, -0.2) is 30.8 Å². The average molecular weight is 500 g/mol. The maximum absolute atomic E-state index is 12.9. The van der Waals surface area contributed by atoms with Crippen LogP contribution in [0.25, 0.3) is 10.4 Å². The van der Waals surface area contributed by atoms with Crippen LogP contribution in [0.3, 0.4) is 0 Å². The molecule has 9 heteroatoms. The van der Waals surface area contributed by atoms with E-state index >= 15 is 0 Å². The zero-order valence-corrected chi connectivity index (χ0v) is 20.1. The molecule has 0 aliphatic heterocycles. The summed E-state index contributed by atoms with van der Waals surface area (Å²) < 4.78 is 0. The Hall–Kier alpha value is -4.63. The minimum absolute atomic E-state index is 0.0879. The Morgan fingerprint density at radius 3 is 2.25 bits per heavy atom. The second-order valence-electron chi connectivity index (χ2n) is 8.02. The van der Waals surface area contributed by atoms with Gasteiger partial charge in [-0.2, -0.15) is 0 Å². The molecule has 1 aromatic heterocycles. The predicted molar refractivity (Wildman–Crippen MR) is 145 cm³/mol. The van der Waals surface area contributed by atoms with Gasteiger partial charge in [0.05, 0.1) is 24.5 Å². The standard InChI is InChI=1S/C27H25N5O3S/c28-22-13-10-19(24-7-4-14-36-24)15-23(22)31-27(35)18-8-11-21(12-9-18)32(16-25(29)33)17-26(34)30-20-5-2-1-3-6-20/h1-15H,16-17,28H2,(H2,29,33)(H,30,34)(H,31,35). The zero-order valence-electron chi connectivity index (χ0n) is 19.3. The van der Waals surface area contributed by atoms with Crippen molar-refractivity contribution < 1.29 is 14.4 Å². The molecular formula is C27H25N5O3S. The highest BCUT2D eigenvalue weighted by Crippen LogP contribution is 2.30. The largest absolute Gasteiger partial charge is 0.397 e. The summed E-state index contributed by atoms with van der Waals surface area (Å²) in [5.74, 6) is -1.21. The molecule has 0 spiro atoms. The molecule has 0 atom stereocenters. The quantitative estimate of drug-likeness (QED) is 0.257. The number of amides is 3. The van der Waals surface area contributed by atoms with Gasteiger partial charge in [-0.15, -0.1) is 11.3 Å². The minimum Gasteiger partial charge on any atom is -0.397 e. The molecule has 1 heterocycles. The lowest BCUT2D eigenvalue weighted by atomic mass is 10.1. The number of primary amides is 1. The van der Waals surface area contributed by atoms with Crippen LogP contribution < -0.4 is 27.0 Å². The summed E-state index contributed by atoms with van der Waals surface area (Å²) in [4.78, 5) is 39.6. The summed E-state index contributed by atoms with van der Waals surface area (Å²) >= 11 is 1.60. The van der Waals surface area contributed by atoms with Gasteiger partial charge in [-0.3, -0.25) is 14.4 Å². The van der Waals surface area contributed by atoms with Crippen LogP contribution in [0.15, 0.2) is 90.3 Å². The molecular weight excluding hydrogens is 474 g/mol. The van der Waals surface area contributed by atoms with E-state index < -0.39 is 5.91 Å². The van der Waals surface area contributed by atoms with Crippen molar-refractivity contribution in [2.45, 2.75) is 0 Å². The molecule has 8 nitrogen and oxygen atoms in total. The van der Waals surface area contributed by atoms with Gasteiger partial charge in [0.1, 0.15) is 0 Å². The molecule has 0 unspecified atom stereocenters. The molecule has 0 saturated heterocycles. The third kappa shape index (κ3) is 6.28. The van der Waals surface area contributed by atoms with E-state index in [1.165, 1.54) is 0 Å². The number of rotatable bonds is 9. The Labute approximate surface area is 212 Å². The number of nitrogens with one attached hydrogen (secondary N) is 2. The van der Waals surface area contributed by atoms with Gasteiger partial charge in [-0.1, -0.05) is 30.3 Å². The van der Waals surface area contributed by atoms with Crippen LogP contribution >= 0.6 is 11.3 Å². The fourth-order valence-electron chi connectivity index (χ4n) is 3.60. The molecule has 4 aromatic rings. The molecule has 0 saturated carbocycles. The van der Waals surface area contributed by atoms with Crippen LogP contribution in [0.2, 0.25) is 0 Å². The summed E-state index contributed by atoms with van der Waals surface area (Å²) in [6.45, 7) is -0.241. The van der Waals surface area contributed by atoms with E-state index in [0.717, 1.165) is 10.4 Å². The third-order valence-electron chi connectivity index (χ3n) is 5.34. The maximum atomic E-state index is 12.9. The number of benzene rings is 3. The van der Waals surface area contributed by atoms with Crippen LogP contribution in [-0.2, 0) is 9.59 Å². The molecule has 3 aromatic carbocycles. The monoisotopic (exact) mass is 499 g/mol. The van der Waals surface area contributed by atoms with Gasteiger partial charge < -0.3 is 27.0 Å². The normalized spacial score (nSPS) is 10.4. The molecule has 0 radical (unpaired) electrons. The molecule has 6 N–H and O–H groups in total. The Balaban J connectivity index is 1.46. The van der Waals surface area contributed by atoms with Gasteiger partial charge in [0.15, 0.2) is 0 Å². The fourth-order valence-corrected chi connectivity index (χ4v) is 4.32. The van der Waals surface area contributed by atoms with Gasteiger partial charge in [0.2, 0.25) is 11.8 Å². The number of nitrogens with zero attached hydrogens (tertiary/aromatic N) is 1. The van der Waals surface area contributed by atoms with Crippen LogP contribution in [0.1, 0.15) is 10.4 Å². The Bertz CT molecular complexity index is 1360. The molecule has 3 amide bonds. The van der Waals surface area contributed by atoms with Crippen LogP contribution in [0, 0.1) is 0 Å². The predicted octanol–water partition coefficient (Wildman–Crippen LogP) is 4.18. The summed E-state index contributed by atoms with van der Waals surface area (Å²) in [6, 6.07) is 25.1. The SMILES string of the molecule is NC(=O)CN(CC(=O)Nc1ccccc1)c1ccc(C(=O)Nc2cc(-c3cccs3)ccc2N)cc1. The van der Waals surface area contributed by atoms with Gasteiger partial charge in [-0.05, 0) is 65.5 Å². The molecule has 36 heavy (non-hydrogen) atoms. The van der Waals surface area contributed by atoms with Gasteiger partial charge >= 0.3 is 0 Å². The number of hydrogen-bond acceptors (Lipinski definition) is 6. The van der Waals surface area contributed by atoms with E-state index in [-0.39, 0.29) is 24.9 Å². The number of nitrogen functional groups attached to an aromatic ring is 1. The second-order valence-corrected chi connectivity index (χ2v) is 8.96. The molecule has 0 fully saturated rings. The number of thiophene rings is 1. The fraction of sp³-hybridized carbons (Fsp3) is 0.0741. The summed E-state index contributed by atoms with van der Waals surface area (Å²) in [6.07, 6.45) is 0. The van der Waals surface area contributed by atoms with E-state index in [1.807, 2.05) is 47.8 Å². The molecule has 0 aliphatic carbocycles. The van der Waals surface area contributed by atoms with Crippen molar-refractivity contribution >= 4 is 51.8 Å². The number of hydrogen-bond donors (Lipinski definition) is 4. The van der Waals surface area contributed by atoms with E-state index in [2.05, 4.69) is 10.6 Å². The first-order valence-corrected chi connectivity index (χ1v) is 12.0.